The minimum absolute atomic E-state index is 0.494. The maximum Gasteiger partial charge on any atom is 0.326 e. The van der Waals surface area contributed by atoms with Crippen molar-refractivity contribution >= 4 is 11.7 Å². The molecule has 3 rings (SSSR count). The summed E-state index contributed by atoms with van der Waals surface area (Å²) >= 11 is 0. The van der Waals surface area contributed by atoms with E-state index < -0.39 is 12.0 Å². The topological polar surface area (TPSA) is 40.5 Å². The Labute approximate surface area is 118 Å². The second-order valence-corrected chi connectivity index (χ2v) is 5.29. The number of carbonyl (C=O) groups is 1. The molecule has 1 N–H and O–H groups in total. The number of anilines is 1. The zero-order chi connectivity index (χ0) is 14.1. The third-order valence-electron chi connectivity index (χ3n) is 3.87. The van der Waals surface area contributed by atoms with Crippen LogP contribution in [0.25, 0.3) is 0 Å². The number of hydrogen-bond donors (Lipinski definition) is 1. The van der Waals surface area contributed by atoms with E-state index in [-0.39, 0.29) is 0 Å². The molecule has 0 aromatic heterocycles. The van der Waals surface area contributed by atoms with Crippen LogP contribution in [0.15, 0.2) is 48.5 Å². The summed E-state index contributed by atoms with van der Waals surface area (Å²) in [5, 5.41) is 9.52. The molecule has 3 heteroatoms. The van der Waals surface area contributed by atoms with Gasteiger partial charge in [0, 0.05) is 18.7 Å². The molecule has 0 saturated heterocycles. The van der Waals surface area contributed by atoms with E-state index in [1.54, 1.807) is 0 Å². The number of rotatable bonds is 2. The predicted octanol–water partition coefficient (Wildman–Crippen LogP) is 3.01. The molecule has 0 aliphatic carbocycles. The zero-order valence-electron chi connectivity index (χ0n) is 11.4. The van der Waals surface area contributed by atoms with Crippen LogP contribution in [0.4, 0.5) is 5.69 Å². The van der Waals surface area contributed by atoms with Crippen LogP contribution in [0.1, 0.15) is 16.7 Å². The molecule has 0 saturated carbocycles. The average Bonchev–Trinajstić information content (AvgIpc) is 2.46. The summed E-state index contributed by atoms with van der Waals surface area (Å²) in [7, 11) is 0. The lowest BCUT2D eigenvalue weighted by molar-refractivity contribution is -0.138. The number of nitrogens with zero attached hydrogens (tertiary/aromatic N) is 1. The average molecular weight is 267 g/mol. The number of hydrogen-bond acceptors (Lipinski definition) is 2. The summed E-state index contributed by atoms with van der Waals surface area (Å²) in [6.45, 7) is 2.67. The van der Waals surface area contributed by atoms with Crippen molar-refractivity contribution in [3.05, 3.63) is 65.2 Å². The molecule has 102 valence electrons. The fourth-order valence-corrected chi connectivity index (χ4v) is 2.82. The van der Waals surface area contributed by atoms with Crippen molar-refractivity contribution in [2.45, 2.75) is 25.9 Å². The van der Waals surface area contributed by atoms with Crippen LogP contribution in [-0.2, 0) is 17.8 Å². The van der Waals surface area contributed by atoms with Crippen LogP contribution < -0.4 is 4.90 Å². The van der Waals surface area contributed by atoms with Gasteiger partial charge in [0.1, 0.15) is 6.04 Å². The van der Waals surface area contributed by atoms with Crippen LogP contribution in [0, 0.1) is 6.92 Å². The highest BCUT2D eigenvalue weighted by atomic mass is 16.4. The molecular formula is C17H17NO2. The lowest BCUT2D eigenvalue weighted by Crippen LogP contribution is -2.45. The molecule has 2 aromatic rings. The zero-order valence-corrected chi connectivity index (χ0v) is 11.4. The highest BCUT2D eigenvalue weighted by Crippen LogP contribution is 2.29. The van der Waals surface area contributed by atoms with E-state index in [1.165, 1.54) is 5.56 Å². The molecule has 1 aliphatic rings. The van der Waals surface area contributed by atoms with Gasteiger partial charge in [0.2, 0.25) is 0 Å². The van der Waals surface area contributed by atoms with Gasteiger partial charge in [-0.3, -0.25) is 0 Å². The molecule has 0 radical (unpaired) electrons. The van der Waals surface area contributed by atoms with E-state index in [0.717, 1.165) is 16.8 Å². The van der Waals surface area contributed by atoms with Gasteiger partial charge in [-0.1, -0.05) is 36.4 Å². The highest BCUT2D eigenvalue weighted by Gasteiger charge is 2.31. The Morgan fingerprint density at radius 3 is 2.60 bits per heavy atom. The van der Waals surface area contributed by atoms with Crippen LogP contribution in [-0.4, -0.2) is 17.1 Å². The Balaban J connectivity index is 2.02. The standard InChI is InChI=1S/C17H17NO2/c1-12-5-4-8-15(9-12)18-11-14-7-3-2-6-13(14)10-16(18)17(19)20/h2-9,16H,10-11H2,1H3,(H,19,20). The van der Waals surface area contributed by atoms with E-state index in [1.807, 2.05) is 54.3 Å². The fraction of sp³-hybridized carbons (Fsp3) is 0.235. The van der Waals surface area contributed by atoms with Crippen molar-refractivity contribution in [2.75, 3.05) is 4.90 Å². The minimum Gasteiger partial charge on any atom is -0.480 e. The Morgan fingerprint density at radius 2 is 1.90 bits per heavy atom. The summed E-state index contributed by atoms with van der Waals surface area (Å²) in [5.41, 5.74) is 4.48. The van der Waals surface area contributed by atoms with E-state index in [0.29, 0.717) is 13.0 Å². The van der Waals surface area contributed by atoms with Gasteiger partial charge in [-0.15, -0.1) is 0 Å². The molecule has 2 aromatic carbocycles. The Morgan fingerprint density at radius 1 is 1.15 bits per heavy atom. The summed E-state index contributed by atoms with van der Waals surface area (Å²) in [6.07, 6.45) is 0.555. The van der Waals surface area contributed by atoms with Crippen molar-refractivity contribution in [2.24, 2.45) is 0 Å². The number of carboxylic acids is 1. The highest BCUT2D eigenvalue weighted by molar-refractivity contribution is 5.79. The first-order chi connectivity index (χ1) is 9.65. The number of aryl methyl sites for hydroxylation is 1. The Bertz CT molecular complexity index is 651. The van der Waals surface area contributed by atoms with E-state index in [2.05, 4.69) is 6.07 Å². The van der Waals surface area contributed by atoms with E-state index >= 15 is 0 Å². The molecule has 1 aliphatic heterocycles. The van der Waals surface area contributed by atoms with Crippen LogP contribution in [0.2, 0.25) is 0 Å². The smallest absolute Gasteiger partial charge is 0.326 e. The van der Waals surface area contributed by atoms with Gasteiger partial charge < -0.3 is 10.0 Å². The molecule has 20 heavy (non-hydrogen) atoms. The van der Waals surface area contributed by atoms with Crippen LogP contribution in [0.5, 0.6) is 0 Å². The summed E-state index contributed by atoms with van der Waals surface area (Å²) in [5.74, 6) is -0.763. The quantitative estimate of drug-likeness (QED) is 0.909. The van der Waals surface area contributed by atoms with Gasteiger partial charge in [0.25, 0.3) is 0 Å². The lowest BCUT2D eigenvalue weighted by Gasteiger charge is -2.36. The molecule has 1 heterocycles. The third kappa shape index (κ3) is 2.27. The third-order valence-corrected chi connectivity index (χ3v) is 3.87. The van der Waals surface area contributed by atoms with Crippen molar-refractivity contribution < 1.29 is 9.90 Å². The van der Waals surface area contributed by atoms with Gasteiger partial charge in [0.05, 0.1) is 0 Å². The molecule has 3 nitrogen and oxygen atoms in total. The SMILES string of the molecule is Cc1cccc(N2Cc3ccccc3CC2C(=O)O)c1. The van der Waals surface area contributed by atoms with Crippen LogP contribution >= 0.6 is 0 Å². The normalized spacial score (nSPS) is 17.6. The minimum atomic E-state index is -0.763. The fourth-order valence-electron chi connectivity index (χ4n) is 2.82. The van der Waals surface area contributed by atoms with Crippen LogP contribution in [0.3, 0.4) is 0 Å². The lowest BCUT2D eigenvalue weighted by atomic mass is 9.93. The van der Waals surface area contributed by atoms with Crippen molar-refractivity contribution in [3.8, 4) is 0 Å². The number of benzene rings is 2. The van der Waals surface area contributed by atoms with Crippen molar-refractivity contribution in [3.63, 3.8) is 0 Å². The number of fused-ring (bicyclic) bond motifs is 1. The maximum atomic E-state index is 11.6. The molecular weight excluding hydrogens is 250 g/mol. The second kappa shape index (κ2) is 5.00. The van der Waals surface area contributed by atoms with Crippen molar-refractivity contribution in [1.29, 1.82) is 0 Å². The molecule has 0 fully saturated rings. The van der Waals surface area contributed by atoms with Gasteiger partial charge >= 0.3 is 5.97 Å². The molecule has 0 bridgehead atoms. The summed E-state index contributed by atoms with van der Waals surface area (Å²) in [4.78, 5) is 13.6. The first kappa shape index (κ1) is 12.7. The van der Waals surface area contributed by atoms with Gasteiger partial charge in [-0.05, 0) is 35.7 Å². The largest absolute Gasteiger partial charge is 0.480 e. The first-order valence-electron chi connectivity index (χ1n) is 6.78. The molecule has 0 spiro atoms. The number of carboxylic acid groups (broad SMARTS) is 1. The molecule has 1 atom stereocenters. The van der Waals surface area contributed by atoms with Gasteiger partial charge in [-0.2, -0.15) is 0 Å². The molecule has 1 unspecified atom stereocenters. The monoisotopic (exact) mass is 267 g/mol. The molecule has 0 amide bonds. The first-order valence-corrected chi connectivity index (χ1v) is 6.78. The Hall–Kier alpha value is -2.29. The second-order valence-electron chi connectivity index (χ2n) is 5.29. The van der Waals surface area contributed by atoms with E-state index in [4.69, 9.17) is 0 Å². The van der Waals surface area contributed by atoms with Crippen molar-refractivity contribution in [1.82, 2.24) is 0 Å². The van der Waals surface area contributed by atoms with E-state index in [9.17, 15) is 9.90 Å². The summed E-state index contributed by atoms with van der Waals surface area (Å²) in [6, 6.07) is 15.6. The number of aliphatic carboxylic acids is 1. The summed E-state index contributed by atoms with van der Waals surface area (Å²) < 4.78 is 0. The maximum absolute atomic E-state index is 11.6. The Kier molecular flexibility index (Phi) is 3.18. The van der Waals surface area contributed by atoms with Gasteiger partial charge in [-0.25, -0.2) is 4.79 Å². The van der Waals surface area contributed by atoms with Gasteiger partial charge in [0.15, 0.2) is 0 Å². The predicted molar refractivity (Wildman–Crippen MR) is 78.9 cm³/mol.